The number of nitro benzene ring substituents is 1. The summed E-state index contributed by atoms with van der Waals surface area (Å²) in [4.78, 5) is 12.5. The van der Waals surface area contributed by atoms with Crippen LogP contribution >= 0.6 is 11.6 Å². The van der Waals surface area contributed by atoms with E-state index >= 15 is 0 Å². The lowest BCUT2D eigenvalue weighted by Crippen LogP contribution is -2.49. The van der Waals surface area contributed by atoms with Crippen molar-refractivity contribution in [2.45, 2.75) is 17.9 Å². The fourth-order valence-electron chi connectivity index (χ4n) is 3.25. The van der Waals surface area contributed by atoms with Gasteiger partial charge in [0, 0.05) is 49.4 Å². The summed E-state index contributed by atoms with van der Waals surface area (Å²) < 4.78 is 27.0. The second-order valence-electron chi connectivity index (χ2n) is 6.39. The molecule has 1 atom stereocenters. The SMILES string of the molecule is C[C@H](c1ccccc1Cl)N1CCN(S(=O)(=O)c2cccc([N+](=O)[O-])c2)CC1. The van der Waals surface area contributed by atoms with Crippen LogP contribution in [0.5, 0.6) is 0 Å². The first-order valence-electron chi connectivity index (χ1n) is 8.54. The molecule has 0 bridgehead atoms. The second kappa shape index (κ2) is 7.93. The summed E-state index contributed by atoms with van der Waals surface area (Å²) in [5, 5.41) is 11.6. The van der Waals surface area contributed by atoms with Gasteiger partial charge in [0.1, 0.15) is 0 Å². The molecule has 1 fully saturated rings. The lowest BCUT2D eigenvalue weighted by Gasteiger charge is -2.37. The van der Waals surface area contributed by atoms with E-state index in [1.54, 1.807) is 0 Å². The zero-order chi connectivity index (χ0) is 19.6. The number of hydrogen-bond acceptors (Lipinski definition) is 5. The smallest absolute Gasteiger partial charge is 0.270 e. The second-order valence-corrected chi connectivity index (χ2v) is 8.74. The van der Waals surface area contributed by atoms with E-state index in [1.807, 2.05) is 31.2 Å². The molecule has 2 aromatic rings. The zero-order valence-electron chi connectivity index (χ0n) is 14.8. The topological polar surface area (TPSA) is 83.8 Å². The molecule has 1 aliphatic heterocycles. The Hall–Kier alpha value is -2.00. The molecule has 9 heteroatoms. The third-order valence-electron chi connectivity index (χ3n) is 4.84. The van der Waals surface area contributed by atoms with E-state index in [2.05, 4.69) is 4.90 Å². The minimum absolute atomic E-state index is 0.0516. The molecule has 3 rings (SSSR count). The monoisotopic (exact) mass is 409 g/mol. The molecule has 27 heavy (non-hydrogen) atoms. The number of sulfonamides is 1. The van der Waals surface area contributed by atoms with Gasteiger partial charge in [-0.2, -0.15) is 4.31 Å². The molecule has 0 N–H and O–H groups in total. The number of halogens is 1. The van der Waals surface area contributed by atoms with Crippen molar-refractivity contribution in [3.8, 4) is 0 Å². The Balaban J connectivity index is 1.72. The van der Waals surface area contributed by atoms with Crippen LogP contribution in [0, 0.1) is 10.1 Å². The Labute approximate surface area is 163 Å². The van der Waals surface area contributed by atoms with Crippen LogP contribution in [-0.2, 0) is 10.0 Å². The highest BCUT2D eigenvalue weighted by molar-refractivity contribution is 7.89. The molecular formula is C18H20ClN3O4S. The van der Waals surface area contributed by atoms with Crippen LogP contribution in [0.2, 0.25) is 5.02 Å². The van der Waals surface area contributed by atoms with Gasteiger partial charge in [-0.1, -0.05) is 35.9 Å². The normalized spacial score (nSPS) is 17.6. The summed E-state index contributed by atoms with van der Waals surface area (Å²) in [6.45, 7) is 3.80. The van der Waals surface area contributed by atoms with E-state index in [9.17, 15) is 18.5 Å². The van der Waals surface area contributed by atoms with Gasteiger partial charge in [0.15, 0.2) is 0 Å². The van der Waals surface area contributed by atoms with Crippen molar-refractivity contribution in [2.75, 3.05) is 26.2 Å². The molecule has 0 aromatic heterocycles. The fraction of sp³-hybridized carbons (Fsp3) is 0.333. The maximum Gasteiger partial charge on any atom is 0.270 e. The van der Waals surface area contributed by atoms with Crippen molar-refractivity contribution in [1.82, 2.24) is 9.21 Å². The molecule has 2 aromatic carbocycles. The van der Waals surface area contributed by atoms with Crippen molar-refractivity contribution >= 4 is 27.3 Å². The van der Waals surface area contributed by atoms with Crippen LogP contribution in [0.4, 0.5) is 5.69 Å². The first-order chi connectivity index (χ1) is 12.8. The Bertz CT molecular complexity index is 943. The van der Waals surface area contributed by atoms with Gasteiger partial charge in [0.25, 0.3) is 5.69 Å². The summed E-state index contributed by atoms with van der Waals surface area (Å²) in [6.07, 6.45) is 0. The lowest BCUT2D eigenvalue weighted by atomic mass is 10.1. The number of benzene rings is 2. The molecule has 144 valence electrons. The summed E-state index contributed by atoms with van der Waals surface area (Å²) in [5.74, 6) is 0. The minimum atomic E-state index is -3.76. The fourth-order valence-corrected chi connectivity index (χ4v) is 5.00. The number of non-ortho nitro benzene ring substituents is 1. The first kappa shape index (κ1) is 19.8. The Morgan fingerprint density at radius 3 is 2.37 bits per heavy atom. The van der Waals surface area contributed by atoms with E-state index in [0.29, 0.717) is 31.2 Å². The van der Waals surface area contributed by atoms with E-state index in [4.69, 9.17) is 11.6 Å². The van der Waals surface area contributed by atoms with Crippen molar-refractivity contribution < 1.29 is 13.3 Å². The van der Waals surface area contributed by atoms with Gasteiger partial charge >= 0.3 is 0 Å². The highest BCUT2D eigenvalue weighted by Gasteiger charge is 2.31. The molecule has 0 radical (unpaired) electrons. The van der Waals surface area contributed by atoms with Crippen molar-refractivity contribution in [1.29, 1.82) is 0 Å². The van der Waals surface area contributed by atoms with E-state index in [0.717, 1.165) is 11.6 Å². The van der Waals surface area contributed by atoms with Gasteiger partial charge in [0.2, 0.25) is 10.0 Å². The molecule has 0 aliphatic carbocycles. The molecule has 1 aliphatic rings. The molecule has 0 unspecified atom stereocenters. The van der Waals surface area contributed by atoms with Gasteiger partial charge in [-0.15, -0.1) is 0 Å². The third kappa shape index (κ3) is 4.14. The van der Waals surface area contributed by atoms with Crippen LogP contribution in [0.1, 0.15) is 18.5 Å². The average Bonchev–Trinajstić information content (AvgIpc) is 2.68. The van der Waals surface area contributed by atoms with Gasteiger partial charge in [0.05, 0.1) is 9.82 Å². The molecule has 0 spiro atoms. The third-order valence-corrected chi connectivity index (χ3v) is 7.08. The van der Waals surface area contributed by atoms with Crippen LogP contribution in [0.3, 0.4) is 0 Å². The molecule has 1 heterocycles. The Kier molecular flexibility index (Phi) is 5.81. The highest BCUT2D eigenvalue weighted by atomic mass is 35.5. The number of nitrogens with zero attached hydrogens (tertiary/aromatic N) is 3. The van der Waals surface area contributed by atoms with Gasteiger partial charge in [-0.25, -0.2) is 8.42 Å². The predicted molar refractivity (Wildman–Crippen MR) is 103 cm³/mol. The summed E-state index contributed by atoms with van der Waals surface area (Å²) in [6, 6.07) is 12.9. The quantitative estimate of drug-likeness (QED) is 0.558. The van der Waals surface area contributed by atoms with Gasteiger partial charge < -0.3 is 0 Å². The van der Waals surface area contributed by atoms with Crippen LogP contribution < -0.4 is 0 Å². The largest absolute Gasteiger partial charge is 0.294 e. The maximum absolute atomic E-state index is 12.8. The summed E-state index contributed by atoms with van der Waals surface area (Å²) in [5.41, 5.74) is 0.774. The molecule has 0 saturated carbocycles. The standard InChI is InChI=1S/C18H20ClN3O4S/c1-14(17-7-2-3-8-18(17)19)20-9-11-21(12-10-20)27(25,26)16-6-4-5-15(13-16)22(23)24/h2-8,13-14H,9-12H2,1H3/t14-/m1/s1. The molecule has 0 amide bonds. The van der Waals surface area contributed by atoms with Gasteiger partial charge in [-0.3, -0.25) is 15.0 Å². The molecule has 1 saturated heterocycles. The summed E-state index contributed by atoms with van der Waals surface area (Å²) in [7, 11) is -3.76. The van der Waals surface area contributed by atoms with Crippen LogP contribution in [0.25, 0.3) is 0 Å². The van der Waals surface area contributed by atoms with Crippen molar-refractivity contribution in [3.63, 3.8) is 0 Å². The minimum Gasteiger partial charge on any atom is -0.294 e. The van der Waals surface area contributed by atoms with E-state index in [1.165, 1.54) is 22.5 Å². The van der Waals surface area contributed by atoms with Gasteiger partial charge in [-0.05, 0) is 24.6 Å². The highest BCUT2D eigenvalue weighted by Crippen LogP contribution is 2.29. The zero-order valence-corrected chi connectivity index (χ0v) is 16.4. The number of nitro groups is 1. The average molecular weight is 410 g/mol. The first-order valence-corrected chi connectivity index (χ1v) is 10.4. The maximum atomic E-state index is 12.8. The lowest BCUT2D eigenvalue weighted by molar-refractivity contribution is -0.385. The molecule has 7 nitrogen and oxygen atoms in total. The number of hydrogen-bond donors (Lipinski definition) is 0. The van der Waals surface area contributed by atoms with Crippen LogP contribution in [0.15, 0.2) is 53.4 Å². The van der Waals surface area contributed by atoms with E-state index < -0.39 is 14.9 Å². The van der Waals surface area contributed by atoms with E-state index in [-0.39, 0.29) is 16.6 Å². The molecular weight excluding hydrogens is 390 g/mol. The van der Waals surface area contributed by atoms with Crippen LogP contribution in [-0.4, -0.2) is 48.7 Å². The van der Waals surface area contributed by atoms with Crippen molar-refractivity contribution in [3.05, 3.63) is 69.2 Å². The Morgan fingerprint density at radius 1 is 1.07 bits per heavy atom. The summed E-state index contributed by atoms with van der Waals surface area (Å²) >= 11 is 6.27. The number of rotatable bonds is 5. The van der Waals surface area contributed by atoms with Crippen molar-refractivity contribution in [2.24, 2.45) is 0 Å². The number of piperazine rings is 1. The predicted octanol–water partition coefficient (Wildman–Crippen LogP) is 3.32. The Morgan fingerprint density at radius 2 is 1.74 bits per heavy atom.